The molecule has 1 aromatic carbocycles. The summed E-state index contributed by atoms with van der Waals surface area (Å²) in [5.74, 6) is 0.270. The Balaban J connectivity index is 1.43. The van der Waals surface area contributed by atoms with Gasteiger partial charge in [0, 0.05) is 38.6 Å². The van der Waals surface area contributed by atoms with Crippen LogP contribution in [-0.4, -0.2) is 60.9 Å². The molecule has 0 aromatic heterocycles. The zero-order valence-electron chi connectivity index (χ0n) is 14.7. The number of carbonyl (C=O) groups excluding carboxylic acids is 2. The Bertz CT molecular complexity index is 612. The zero-order chi connectivity index (χ0) is 17.8. The van der Waals surface area contributed by atoms with E-state index in [2.05, 4.69) is 10.2 Å². The van der Waals surface area contributed by atoms with Gasteiger partial charge < -0.3 is 10.2 Å². The molecule has 1 N–H and O–H groups in total. The summed E-state index contributed by atoms with van der Waals surface area (Å²) < 4.78 is 13.0. The van der Waals surface area contributed by atoms with Crippen LogP contribution in [0.15, 0.2) is 24.3 Å². The molecule has 2 aliphatic rings. The number of piperazine rings is 1. The minimum Gasteiger partial charge on any atom is -0.355 e. The fraction of sp³-hybridized carbons (Fsp3) is 0.579. The normalized spacial score (nSPS) is 23.4. The standard InChI is InChI=1S/C19H26FN3O2/c1-2-7-21-18(24)13-22-8-10-23(11-9-22)19(25)17-12-16(17)14-3-5-15(20)6-4-14/h3-6,16-17H,2,7-13H2,1H3,(H,21,24). The van der Waals surface area contributed by atoms with Gasteiger partial charge >= 0.3 is 0 Å². The highest BCUT2D eigenvalue weighted by Crippen LogP contribution is 2.48. The first kappa shape index (κ1) is 17.9. The van der Waals surface area contributed by atoms with E-state index in [9.17, 15) is 14.0 Å². The molecule has 0 spiro atoms. The lowest BCUT2D eigenvalue weighted by Crippen LogP contribution is -2.51. The molecule has 2 atom stereocenters. The van der Waals surface area contributed by atoms with Gasteiger partial charge in [0.05, 0.1) is 6.54 Å². The minimum absolute atomic E-state index is 0.0323. The molecule has 136 valence electrons. The molecule has 0 bridgehead atoms. The Labute approximate surface area is 148 Å². The van der Waals surface area contributed by atoms with E-state index in [0.29, 0.717) is 26.2 Å². The Hall–Kier alpha value is -1.95. The highest BCUT2D eigenvalue weighted by molar-refractivity contribution is 5.83. The number of halogens is 1. The van der Waals surface area contributed by atoms with Crippen LogP contribution in [0.4, 0.5) is 4.39 Å². The van der Waals surface area contributed by atoms with Crippen molar-refractivity contribution >= 4 is 11.8 Å². The Morgan fingerprint density at radius 3 is 2.48 bits per heavy atom. The van der Waals surface area contributed by atoms with Gasteiger partial charge in [0.25, 0.3) is 0 Å². The van der Waals surface area contributed by atoms with E-state index in [4.69, 9.17) is 0 Å². The summed E-state index contributed by atoms with van der Waals surface area (Å²) in [6, 6.07) is 6.47. The van der Waals surface area contributed by atoms with Crippen molar-refractivity contribution in [1.82, 2.24) is 15.1 Å². The van der Waals surface area contributed by atoms with E-state index < -0.39 is 0 Å². The van der Waals surface area contributed by atoms with Gasteiger partial charge in [0.1, 0.15) is 5.82 Å². The van der Waals surface area contributed by atoms with Crippen LogP contribution in [-0.2, 0) is 9.59 Å². The molecule has 2 amide bonds. The van der Waals surface area contributed by atoms with Gasteiger partial charge in [0.2, 0.25) is 11.8 Å². The average molecular weight is 347 g/mol. The van der Waals surface area contributed by atoms with Gasteiger partial charge in [0.15, 0.2) is 0 Å². The van der Waals surface area contributed by atoms with Gasteiger partial charge in [-0.3, -0.25) is 14.5 Å². The minimum atomic E-state index is -0.244. The Kier molecular flexibility index (Phi) is 5.68. The summed E-state index contributed by atoms with van der Waals surface area (Å²) in [5, 5.41) is 2.88. The van der Waals surface area contributed by atoms with Crippen molar-refractivity contribution in [3.8, 4) is 0 Å². The molecule has 25 heavy (non-hydrogen) atoms. The fourth-order valence-corrected chi connectivity index (χ4v) is 3.43. The number of amides is 2. The molecule has 1 aliphatic heterocycles. The first-order valence-corrected chi connectivity index (χ1v) is 9.11. The molecular formula is C19H26FN3O2. The maximum absolute atomic E-state index is 13.0. The van der Waals surface area contributed by atoms with Crippen LogP contribution in [0.3, 0.4) is 0 Å². The number of benzene rings is 1. The van der Waals surface area contributed by atoms with Crippen molar-refractivity contribution in [2.75, 3.05) is 39.3 Å². The lowest BCUT2D eigenvalue weighted by atomic mass is 10.1. The molecule has 1 aliphatic carbocycles. The smallest absolute Gasteiger partial charge is 0.234 e. The highest BCUT2D eigenvalue weighted by atomic mass is 19.1. The number of nitrogens with zero attached hydrogens (tertiary/aromatic N) is 2. The first-order valence-electron chi connectivity index (χ1n) is 9.11. The molecule has 1 saturated carbocycles. The van der Waals surface area contributed by atoms with E-state index in [0.717, 1.165) is 31.5 Å². The van der Waals surface area contributed by atoms with Crippen LogP contribution in [0.2, 0.25) is 0 Å². The van der Waals surface area contributed by atoms with E-state index in [-0.39, 0.29) is 29.5 Å². The maximum atomic E-state index is 13.0. The van der Waals surface area contributed by atoms with Crippen LogP contribution >= 0.6 is 0 Å². The molecule has 6 heteroatoms. The summed E-state index contributed by atoms with van der Waals surface area (Å²) in [5.41, 5.74) is 1.05. The van der Waals surface area contributed by atoms with Gasteiger partial charge in [-0.15, -0.1) is 0 Å². The van der Waals surface area contributed by atoms with Crippen LogP contribution in [0.25, 0.3) is 0 Å². The summed E-state index contributed by atoms with van der Waals surface area (Å²) in [7, 11) is 0. The molecule has 2 fully saturated rings. The average Bonchev–Trinajstić information content (AvgIpc) is 3.41. The molecular weight excluding hydrogens is 321 g/mol. The first-order chi connectivity index (χ1) is 12.1. The summed E-state index contributed by atoms with van der Waals surface area (Å²) in [6.45, 7) is 5.96. The summed E-state index contributed by atoms with van der Waals surface area (Å²) in [6.07, 6.45) is 1.79. The van der Waals surface area contributed by atoms with Gasteiger partial charge in [-0.1, -0.05) is 19.1 Å². The predicted molar refractivity (Wildman–Crippen MR) is 93.6 cm³/mol. The number of rotatable bonds is 6. The molecule has 1 aromatic rings. The second-order valence-electron chi connectivity index (χ2n) is 6.95. The predicted octanol–water partition coefficient (Wildman–Crippen LogP) is 1.60. The van der Waals surface area contributed by atoms with Gasteiger partial charge in [-0.05, 0) is 36.5 Å². The number of hydrogen-bond acceptors (Lipinski definition) is 3. The quantitative estimate of drug-likeness (QED) is 0.850. The number of nitrogens with one attached hydrogen (secondary N) is 1. The Morgan fingerprint density at radius 1 is 1.16 bits per heavy atom. The molecule has 2 unspecified atom stereocenters. The van der Waals surface area contributed by atoms with Crippen molar-refractivity contribution in [3.05, 3.63) is 35.6 Å². The number of carbonyl (C=O) groups is 2. The van der Waals surface area contributed by atoms with Crippen molar-refractivity contribution in [3.63, 3.8) is 0 Å². The third-order valence-corrected chi connectivity index (χ3v) is 5.03. The maximum Gasteiger partial charge on any atom is 0.234 e. The van der Waals surface area contributed by atoms with Crippen LogP contribution in [0, 0.1) is 11.7 Å². The van der Waals surface area contributed by atoms with Crippen molar-refractivity contribution in [1.29, 1.82) is 0 Å². The molecule has 5 nitrogen and oxygen atoms in total. The SMILES string of the molecule is CCCNC(=O)CN1CCN(C(=O)C2CC2c2ccc(F)cc2)CC1. The molecule has 1 heterocycles. The summed E-state index contributed by atoms with van der Waals surface area (Å²) in [4.78, 5) is 28.4. The number of hydrogen-bond donors (Lipinski definition) is 1. The van der Waals surface area contributed by atoms with Gasteiger partial charge in [-0.25, -0.2) is 4.39 Å². The lowest BCUT2D eigenvalue weighted by Gasteiger charge is -2.34. The van der Waals surface area contributed by atoms with Crippen LogP contribution in [0.5, 0.6) is 0 Å². The van der Waals surface area contributed by atoms with E-state index in [1.165, 1.54) is 12.1 Å². The van der Waals surface area contributed by atoms with Crippen molar-refractivity contribution in [2.24, 2.45) is 5.92 Å². The second-order valence-corrected chi connectivity index (χ2v) is 6.95. The molecule has 3 rings (SSSR count). The van der Waals surface area contributed by atoms with E-state index in [1.54, 1.807) is 12.1 Å². The van der Waals surface area contributed by atoms with Crippen molar-refractivity contribution < 1.29 is 14.0 Å². The Morgan fingerprint density at radius 2 is 1.84 bits per heavy atom. The van der Waals surface area contributed by atoms with E-state index >= 15 is 0 Å². The lowest BCUT2D eigenvalue weighted by molar-refractivity contribution is -0.134. The van der Waals surface area contributed by atoms with Gasteiger partial charge in [-0.2, -0.15) is 0 Å². The largest absolute Gasteiger partial charge is 0.355 e. The highest BCUT2D eigenvalue weighted by Gasteiger charge is 2.46. The monoisotopic (exact) mass is 347 g/mol. The molecule has 1 saturated heterocycles. The molecule has 0 radical (unpaired) electrons. The third-order valence-electron chi connectivity index (χ3n) is 5.03. The van der Waals surface area contributed by atoms with E-state index in [1.807, 2.05) is 11.8 Å². The topological polar surface area (TPSA) is 52.7 Å². The zero-order valence-corrected chi connectivity index (χ0v) is 14.7. The van der Waals surface area contributed by atoms with Crippen molar-refractivity contribution in [2.45, 2.75) is 25.7 Å². The van der Waals surface area contributed by atoms with Crippen LogP contribution < -0.4 is 5.32 Å². The second kappa shape index (κ2) is 7.95. The third kappa shape index (κ3) is 4.57. The fourth-order valence-electron chi connectivity index (χ4n) is 3.43. The van der Waals surface area contributed by atoms with Crippen LogP contribution in [0.1, 0.15) is 31.2 Å². The summed E-state index contributed by atoms with van der Waals surface area (Å²) >= 11 is 0.